The Balaban J connectivity index is 1.63. The molecule has 1 unspecified atom stereocenters. The van der Waals surface area contributed by atoms with Crippen LogP contribution in [0.5, 0.6) is 5.75 Å². The summed E-state index contributed by atoms with van der Waals surface area (Å²) in [6.45, 7) is 4.49. The summed E-state index contributed by atoms with van der Waals surface area (Å²) in [6, 6.07) is 14.7. The highest BCUT2D eigenvalue weighted by molar-refractivity contribution is 8.01. The highest BCUT2D eigenvalue weighted by atomic mass is 35.5. The van der Waals surface area contributed by atoms with Crippen molar-refractivity contribution in [1.29, 1.82) is 0 Å². The molecule has 0 saturated heterocycles. The normalized spacial score (nSPS) is 11.5. The van der Waals surface area contributed by atoms with Crippen molar-refractivity contribution in [1.82, 2.24) is 5.32 Å². The van der Waals surface area contributed by atoms with E-state index in [0.717, 1.165) is 11.3 Å². The van der Waals surface area contributed by atoms with Crippen LogP contribution in [-0.2, 0) is 9.59 Å². The number of halogens is 1. The third-order valence-corrected chi connectivity index (χ3v) is 5.01. The first-order valence-electron chi connectivity index (χ1n) is 8.58. The first-order chi connectivity index (χ1) is 12.9. The largest absolute Gasteiger partial charge is 0.492 e. The molecule has 0 heterocycles. The van der Waals surface area contributed by atoms with E-state index in [0.29, 0.717) is 23.9 Å². The molecule has 7 heteroatoms. The molecule has 0 spiro atoms. The zero-order chi connectivity index (χ0) is 19.6. The van der Waals surface area contributed by atoms with Gasteiger partial charge in [0, 0.05) is 10.7 Å². The Kier molecular flexibility index (Phi) is 8.48. The Morgan fingerprint density at radius 3 is 2.63 bits per heavy atom. The van der Waals surface area contributed by atoms with E-state index < -0.39 is 0 Å². The van der Waals surface area contributed by atoms with Gasteiger partial charge < -0.3 is 15.4 Å². The van der Waals surface area contributed by atoms with E-state index in [9.17, 15) is 9.59 Å². The van der Waals surface area contributed by atoms with E-state index in [-0.39, 0.29) is 22.8 Å². The first-order valence-corrected chi connectivity index (χ1v) is 10.0. The van der Waals surface area contributed by atoms with Gasteiger partial charge in [-0.2, -0.15) is 0 Å². The number of hydrogen-bond acceptors (Lipinski definition) is 4. The SMILES string of the molecule is Cc1ccc(NC(=O)CSC(C)C(=O)NCCOc2cccc(Cl)c2)cc1. The summed E-state index contributed by atoms with van der Waals surface area (Å²) < 4.78 is 5.52. The minimum atomic E-state index is -0.333. The van der Waals surface area contributed by atoms with Crippen LogP contribution in [0.2, 0.25) is 5.02 Å². The van der Waals surface area contributed by atoms with Gasteiger partial charge in [-0.05, 0) is 44.2 Å². The molecule has 2 rings (SSSR count). The number of nitrogens with one attached hydrogen (secondary N) is 2. The maximum atomic E-state index is 12.1. The molecular formula is C20H23ClN2O3S. The second-order valence-electron chi connectivity index (χ2n) is 5.96. The fraction of sp³-hybridized carbons (Fsp3) is 0.300. The van der Waals surface area contributed by atoms with Gasteiger partial charge in [0.25, 0.3) is 0 Å². The van der Waals surface area contributed by atoms with E-state index in [1.807, 2.05) is 31.2 Å². The molecule has 27 heavy (non-hydrogen) atoms. The van der Waals surface area contributed by atoms with E-state index in [1.54, 1.807) is 31.2 Å². The molecule has 0 aromatic heterocycles. The van der Waals surface area contributed by atoms with Gasteiger partial charge in [0.1, 0.15) is 12.4 Å². The molecule has 1 atom stereocenters. The van der Waals surface area contributed by atoms with Crippen LogP contribution in [0.1, 0.15) is 12.5 Å². The average Bonchev–Trinajstić information content (AvgIpc) is 2.65. The average molecular weight is 407 g/mol. The second-order valence-corrected chi connectivity index (χ2v) is 7.73. The van der Waals surface area contributed by atoms with Crippen molar-refractivity contribution in [3.8, 4) is 5.75 Å². The fourth-order valence-electron chi connectivity index (χ4n) is 2.15. The molecular weight excluding hydrogens is 384 g/mol. The first kappa shape index (κ1) is 21.1. The molecule has 0 fully saturated rings. The summed E-state index contributed by atoms with van der Waals surface area (Å²) in [6.07, 6.45) is 0. The minimum Gasteiger partial charge on any atom is -0.492 e. The molecule has 0 radical (unpaired) electrons. The Morgan fingerprint density at radius 2 is 1.93 bits per heavy atom. The van der Waals surface area contributed by atoms with Crippen molar-refractivity contribution in [2.45, 2.75) is 19.1 Å². The van der Waals surface area contributed by atoms with Crippen molar-refractivity contribution >= 4 is 40.9 Å². The molecule has 2 amide bonds. The highest BCUT2D eigenvalue weighted by Crippen LogP contribution is 2.17. The Labute approximate surface area is 168 Å². The molecule has 2 aromatic carbocycles. The van der Waals surface area contributed by atoms with Gasteiger partial charge >= 0.3 is 0 Å². The van der Waals surface area contributed by atoms with Gasteiger partial charge in [-0.3, -0.25) is 9.59 Å². The van der Waals surface area contributed by atoms with Crippen LogP contribution in [0.4, 0.5) is 5.69 Å². The molecule has 0 aliphatic carbocycles. The Morgan fingerprint density at radius 1 is 1.19 bits per heavy atom. The molecule has 0 aliphatic rings. The summed E-state index contributed by atoms with van der Waals surface area (Å²) in [5.74, 6) is 0.610. The quantitative estimate of drug-likeness (QED) is 0.619. The summed E-state index contributed by atoms with van der Waals surface area (Å²) in [5.41, 5.74) is 1.88. The van der Waals surface area contributed by atoms with Crippen LogP contribution in [0.15, 0.2) is 48.5 Å². The summed E-state index contributed by atoms with van der Waals surface area (Å²) >= 11 is 7.17. The molecule has 5 nitrogen and oxygen atoms in total. The van der Waals surface area contributed by atoms with E-state index in [1.165, 1.54) is 11.8 Å². The number of benzene rings is 2. The van der Waals surface area contributed by atoms with E-state index in [4.69, 9.17) is 16.3 Å². The van der Waals surface area contributed by atoms with Crippen LogP contribution in [0.3, 0.4) is 0 Å². The zero-order valence-electron chi connectivity index (χ0n) is 15.3. The summed E-state index contributed by atoms with van der Waals surface area (Å²) in [4.78, 5) is 24.1. The monoisotopic (exact) mass is 406 g/mol. The van der Waals surface area contributed by atoms with Crippen LogP contribution in [-0.4, -0.2) is 36.0 Å². The van der Waals surface area contributed by atoms with Crippen LogP contribution in [0, 0.1) is 6.92 Å². The van der Waals surface area contributed by atoms with Crippen molar-refractivity contribution in [3.05, 3.63) is 59.1 Å². The number of hydrogen-bond donors (Lipinski definition) is 2. The van der Waals surface area contributed by atoms with Crippen LogP contribution >= 0.6 is 23.4 Å². The molecule has 2 N–H and O–H groups in total. The van der Waals surface area contributed by atoms with Gasteiger partial charge in [-0.15, -0.1) is 11.8 Å². The standard InChI is InChI=1S/C20H23ClN2O3S/c1-14-6-8-17(9-7-14)23-19(24)13-27-15(2)20(25)22-10-11-26-18-5-3-4-16(21)12-18/h3-9,12,15H,10-11,13H2,1-2H3,(H,22,25)(H,23,24). The third kappa shape index (κ3) is 7.93. The second kappa shape index (κ2) is 10.8. The molecule has 144 valence electrons. The predicted octanol–water partition coefficient (Wildman–Crippen LogP) is 3.90. The summed E-state index contributed by atoms with van der Waals surface area (Å²) in [7, 11) is 0. The number of aryl methyl sites for hydroxylation is 1. The molecule has 0 saturated carbocycles. The van der Waals surface area contributed by atoms with Gasteiger partial charge in [-0.1, -0.05) is 35.4 Å². The molecule has 2 aromatic rings. The lowest BCUT2D eigenvalue weighted by Gasteiger charge is -2.13. The van der Waals surface area contributed by atoms with Gasteiger partial charge in [0.15, 0.2) is 0 Å². The number of rotatable bonds is 9. The van der Waals surface area contributed by atoms with Gasteiger partial charge in [0.05, 0.1) is 17.5 Å². The van der Waals surface area contributed by atoms with Crippen LogP contribution in [0.25, 0.3) is 0 Å². The lowest BCUT2D eigenvalue weighted by Crippen LogP contribution is -2.34. The van der Waals surface area contributed by atoms with Crippen molar-refractivity contribution in [2.24, 2.45) is 0 Å². The van der Waals surface area contributed by atoms with Crippen molar-refractivity contribution in [3.63, 3.8) is 0 Å². The maximum Gasteiger partial charge on any atom is 0.234 e. The number of amides is 2. The number of ether oxygens (including phenoxy) is 1. The smallest absolute Gasteiger partial charge is 0.234 e. The zero-order valence-corrected chi connectivity index (χ0v) is 16.9. The van der Waals surface area contributed by atoms with Crippen molar-refractivity contribution < 1.29 is 14.3 Å². The number of carbonyl (C=O) groups is 2. The highest BCUT2D eigenvalue weighted by Gasteiger charge is 2.15. The number of carbonyl (C=O) groups excluding carboxylic acids is 2. The van der Waals surface area contributed by atoms with Gasteiger partial charge in [-0.25, -0.2) is 0 Å². The lowest BCUT2D eigenvalue weighted by atomic mass is 10.2. The number of anilines is 1. The predicted molar refractivity (Wildman–Crippen MR) is 112 cm³/mol. The molecule has 0 bridgehead atoms. The minimum absolute atomic E-state index is 0.127. The van der Waals surface area contributed by atoms with Crippen molar-refractivity contribution in [2.75, 3.05) is 24.2 Å². The Hall–Kier alpha value is -2.18. The number of thioether (sulfide) groups is 1. The topological polar surface area (TPSA) is 67.4 Å². The fourth-order valence-corrected chi connectivity index (χ4v) is 3.04. The maximum absolute atomic E-state index is 12.1. The lowest BCUT2D eigenvalue weighted by molar-refractivity contribution is -0.120. The molecule has 0 aliphatic heterocycles. The summed E-state index contributed by atoms with van der Waals surface area (Å²) in [5, 5.41) is 5.88. The van der Waals surface area contributed by atoms with E-state index in [2.05, 4.69) is 10.6 Å². The van der Waals surface area contributed by atoms with E-state index >= 15 is 0 Å². The Bertz CT molecular complexity index is 768. The van der Waals surface area contributed by atoms with Gasteiger partial charge in [0.2, 0.25) is 11.8 Å². The van der Waals surface area contributed by atoms with Crippen LogP contribution < -0.4 is 15.4 Å². The third-order valence-electron chi connectivity index (χ3n) is 3.64.